The normalized spacial score (nSPS) is 20.2. The molecule has 42 heavy (non-hydrogen) atoms. The average molecular weight is 676 g/mol. The van der Waals surface area contributed by atoms with Gasteiger partial charge in [-0.05, 0) is 68.5 Å². The zero-order chi connectivity index (χ0) is 29.6. The number of hydrogen-bond donors (Lipinski definition) is 0. The van der Waals surface area contributed by atoms with Gasteiger partial charge in [0.15, 0.2) is 36.1 Å². The molecule has 2 aliphatic heterocycles. The minimum atomic E-state index is -0.581. The minimum Gasteiger partial charge on any atom is -0.444 e. The second kappa shape index (κ2) is 11.6. The van der Waals surface area contributed by atoms with E-state index in [9.17, 15) is 12.6 Å². The number of carbonyl (C=O) groups is 1. The number of pyridine rings is 1. The standard InChI is InChI=1S/C29H29BrF2N6O2S2/c1-29(2,3)40-28(39)36-20-10-11-21(36)14-19(13-20)25-24(30)27(38(41-31)42-32)37-26(35-25)22(16-34-37)18-9-12-23(33-15-18)17-7-5-4-6-8-17/h4-9,12,15-16,19-21H,10-11,13-14H2,1-3H3/t19?,20-,21?/m0/s1. The number of nitrogens with zero attached hydrogens (tertiary/aromatic N) is 6. The third kappa shape index (κ3) is 5.46. The van der Waals surface area contributed by atoms with Gasteiger partial charge >= 0.3 is 6.09 Å². The summed E-state index contributed by atoms with van der Waals surface area (Å²) in [6.07, 6.45) is 6.18. The molecule has 1 amide bonds. The van der Waals surface area contributed by atoms with E-state index in [1.807, 2.05) is 68.1 Å². The van der Waals surface area contributed by atoms with Crippen LogP contribution in [0.4, 0.5) is 18.4 Å². The lowest BCUT2D eigenvalue weighted by atomic mass is 9.88. The highest BCUT2D eigenvalue weighted by Crippen LogP contribution is 2.48. The number of rotatable bonds is 6. The van der Waals surface area contributed by atoms with Gasteiger partial charge in [0.2, 0.25) is 0 Å². The molecule has 3 atom stereocenters. The molecule has 3 aromatic heterocycles. The quantitative estimate of drug-likeness (QED) is 0.188. The molecular weight excluding hydrogens is 646 g/mol. The topological polar surface area (TPSA) is 75.9 Å². The highest BCUT2D eigenvalue weighted by Gasteiger charge is 2.46. The minimum absolute atomic E-state index is 0.00158. The molecule has 0 N–H and O–H groups in total. The monoisotopic (exact) mass is 674 g/mol. The van der Waals surface area contributed by atoms with Crippen LogP contribution in [0.5, 0.6) is 0 Å². The Kier molecular flexibility index (Phi) is 8.09. The summed E-state index contributed by atoms with van der Waals surface area (Å²) in [6.45, 7) is 5.59. The lowest BCUT2D eigenvalue weighted by Gasteiger charge is -2.39. The van der Waals surface area contributed by atoms with Crippen LogP contribution in [-0.4, -0.2) is 48.3 Å². The number of hydrogen-bond acceptors (Lipinski definition) is 8. The summed E-state index contributed by atoms with van der Waals surface area (Å²) >= 11 is 3.13. The first-order valence-corrected chi connectivity index (χ1v) is 15.8. The molecule has 2 fully saturated rings. The first-order chi connectivity index (χ1) is 20.2. The molecule has 2 bridgehead atoms. The van der Waals surface area contributed by atoms with Crippen molar-refractivity contribution in [1.82, 2.24) is 24.5 Å². The van der Waals surface area contributed by atoms with E-state index < -0.39 is 5.60 Å². The number of benzene rings is 1. The molecule has 0 aliphatic carbocycles. The second-order valence-corrected chi connectivity index (χ2v) is 13.6. The van der Waals surface area contributed by atoms with E-state index in [1.165, 1.54) is 4.52 Å². The van der Waals surface area contributed by atoms with Crippen LogP contribution in [0.15, 0.2) is 59.3 Å². The van der Waals surface area contributed by atoms with E-state index in [0.717, 1.165) is 33.4 Å². The van der Waals surface area contributed by atoms with E-state index >= 15 is 0 Å². The number of amides is 1. The maximum absolute atomic E-state index is 14.0. The highest BCUT2D eigenvalue weighted by molar-refractivity contribution is 9.10. The summed E-state index contributed by atoms with van der Waals surface area (Å²) in [5.41, 5.74) is 3.87. The largest absolute Gasteiger partial charge is 0.444 e. The van der Waals surface area contributed by atoms with Crippen LogP contribution in [0, 0.1) is 0 Å². The fourth-order valence-electron chi connectivity index (χ4n) is 6.03. The SMILES string of the molecule is CC(C)(C)OC(=O)N1C2CC[C@H]1CC(c1nc3c(-c4ccc(-c5ccccc5)nc4)cnn3c(N(SF)SF)c1Br)C2. The lowest BCUT2D eigenvalue weighted by Crippen LogP contribution is -2.48. The molecular formula is C29H29BrF2N6O2S2. The molecule has 6 rings (SSSR count). The molecule has 0 saturated carbocycles. The van der Waals surface area contributed by atoms with Crippen LogP contribution in [0.3, 0.4) is 0 Å². The zero-order valence-corrected chi connectivity index (χ0v) is 26.4. The predicted octanol–water partition coefficient (Wildman–Crippen LogP) is 8.74. The Morgan fingerprint density at radius 3 is 2.31 bits per heavy atom. The van der Waals surface area contributed by atoms with Crippen LogP contribution >= 0.6 is 40.6 Å². The zero-order valence-electron chi connectivity index (χ0n) is 23.2. The van der Waals surface area contributed by atoms with Crippen LogP contribution < -0.4 is 3.71 Å². The van der Waals surface area contributed by atoms with Crippen molar-refractivity contribution in [2.45, 2.75) is 70.1 Å². The lowest BCUT2D eigenvalue weighted by molar-refractivity contribution is 0.00567. The van der Waals surface area contributed by atoms with E-state index in [-0.39, 0.29) is 54.6 Å². The average Bonchev–Trinajstić information content (AvgIpc) is 3.51. The van der Waals surface area contributed by atoms with Gasteiger partial charge in [-0.3, -0.25) is 4.98 Å². The fourth-order valence-corrected chi connectivity index (χ4v) is 7.57. The van der Waals surface area contributed by atoms with Crippen molar-refractivity contribution in [3.8, 4) is 22.4 Å². The smallest absolute Gasteiger partial charge is 0.410 e. The van der Waals surface area contributed by atoms with E-state index in [1.54, 1.807) is 12.4 Å². The molecule has 2 unspecified atom stereocenters. The number of ether oxygens (including phenoxy) is 1. The summed E-state index contributed by atoms with van der Waals surface area (Å²) in [7, 11) is 0. The molecule has 8 nitrogen and oxygen atoms in total. The van der Waals surface area contributed by atoms with Gasteiger partial charge in [-0.2, -0.15) is 13.3 Å². The van der Waals surface area contributed by atoms with Crippen LogP contribution in [-0.2, 0) is 4.74 Å². The number of halogens is 3. The third-order valence-electron chi connectivity index (χ3n) is 7.76. The van der Waals surface area contributed by atoms with Gasteiger partial charge in [0.25, 0.3) is 0 Å². The summed E-state index contributed by atoms with van der Waals surface area (Å²) in [5.74, 6) is 0.147. The van der Waals surface area contributed by atoms with E-state index in [0.29, 0.717) is 34.2 Å². The summed E-state index contributed by atoms with van der Waals surface area (Å²) in [5, 5.41) is 4.48. The molecule has 220 valence electrons. The van der Waals surface area contributed by atoms with E-state index in [2.05, 4.69) is 26.0 Å². The van der Waals surface area contributed by atoms with Gasteiger partial charge in [0.1, 0.15) is 5.60 Å². The Hall–Kier alpha value is -2.90. The van der Waals surface area contributed by atoms with Gasteiger partial charge in [-0.25, -0.2) is 9.78 Å². The van der Waals surface area contributed by atoms with Gasteiger partial charge in [0, 0.05) is 40.9 Å². The van der Waals surface area contributed by atoms with Crippen LogP contribution in [0.25, 0.3) is 28.0 Å². The van der Waals surface area contributed by atoms with Crippen molar-refractivity contribution in [2.75, 3.05) is 3.71 Å². The van der Waals surface area contributed by atoms with Crippen molar-refractivity contribution in [1.29, 1.82) is 0 Å². The van der Waals surface area contributed by atoms with Crippen molar-refractivity contribution < 1.29 is 17.3 Å². The first-order valence-electron chi connectivity index (χ1n) is 13.7. The highest BCUT2D eigenvalue weighted by atomic mass is 79.9. The first kappa shape index (κ1) is 29.2. The van der Waals surface area contributed by atoms with Crippen molar-refractivity contribution in [3.05, 3.63) is 65.0 Å². The molecule has 1 aromatic carbocycles. The maximum Gasteiger partial charge on any atom is 0.410 e. The van der Waals surface area contributed by atoms with Gasteiger partial charge in [-0.15, -0.1) is 7.77 Å². The second-order valence-electron chi connectivity index (χ2n) is 11.6. The summed E-state index contributed by atoms with van der Waals surface area (Å²) in [4.78, 5) is 24.6. The maximum atomic E-state index is 14.0. The Bertz CT molecular complexity index is 1580. The Balaban J connectivity index is 1.39. The van der Waals surface area contributed by atoms with Gasteiger partial charge in [0.05, 0.1) is 22.1 Å². The number of piperidine rings is 1. The Morgan fingerprint density at radius 1 is 1.02 bits per heavy atom. The summed E-state index contributed by atoms with van der Waals surface area (Å²) in [6, 6.07) is 13.7. The summed E-state index contributed by atoms with van der Waals surface area (Å²) < 4.78 is 36.4. The van der Waals surface area contributed by atoms with Crippen molar-refractivity contribution in [2.24, 2.45) is 0 Å². The molecule has 13 heteroatoms. The molecule has 5 heterocycles. The molecule has 2 aliphatic rings. The van der Waals surface area contributed by atoms with Gasteiger partial charge in [-0.1, -0.05) is 36.4 Å². The predicted molar refractivity (Wildman–Crippen MR) is 166 cm³/mol. The van der Waals surface area contributed by atoms with E-state index in [4.69, 9.17) is 9.72 Å². The number of anilines is 1. The van der Waals surface area contributed by atoms with Crippen molar-refractivity contribution >= 4 is 58.2 Å². The fraction of sp³-hybridized carbons (Fsp3) is 0.379. The molecule has 0 radical (unpaired) electrons. The van der Waals surface area contributed by atoms with Gasteiger partial charge < -0.3 is 9.64 Å². The number of aromatic nitrogens is 4. The Labute approximate surface area is 260 Å². The number of fused-ring (bicyclic) bond motifs is 3. The molecule has 0 spiro atoms. The Morgan fingerprint density at radius 2 is 1.71 bits per heavy atom. The van der Waals surface area contributed by atoms with Crippen molar-refractivity contribution in [3.63, 3.8) is 0 Å². The van der Waals surface area contributed by atoms with Crippen LogP contribution in [0.1, 0.15) is 58.1 Å². The number of carbonyl (C=O) groups excluding carboxylic acids is 1. The van der Waals surface area contributed by atoms with Crippen LogP contribution in [0.2, 0.25) is 0 Å². The third-order valence-corrected chi connectivity index (χ3v) is 9.45. The molecule has 2 saturated heterocycles. The molecule has 4 aromatic rings.